The second-order valence-electron chi connectivity index (χ2n) is 5.73. The molecule has 0 amide bonds. The summed E-state index contributed by atoms with van der Waals surface area (Å²) in [6, 6.07) is 3.83. The van der Waals surface area contributed by atoms with Crippen molar-refractivity contribution in [3.8, 4) is 0 Å². The molecule has 1 aromatic carbocycles. The van der Waals surface area contributed by atoms with Crippen LogP contribution in [0.25, 0.3) is 0 Å². The number of rotatable bonds is 2. The van der Waals surface area contributed by atoms with Crippen LogP contribution in [0.1, 0.15) is 56.8 Å². The highest BCUT2D eigenvalue weighted by molar-refractivity contribution is 5.57. The van der Waals surface area contributed by atoms with Crippen LogP contribution in [-0.2, 0) is 0 Å². The van der Waals surface area contributed by atoms with Crippen molar-refractivity contribution in [1.29, 1.82) is 0 Å². The van der Waals surface area contributed by atoms with Gasteiger partial charge in [0, 0.05) is 23.8 Å². The van der Waals surface area contributed by atoms with Gasteiger partial charge in [-0.2, -0.15) is 0 Å². The van der Waals surface area contributed by atoms with Crippen molar-refractivity contribution in [2.75, 3.05) is 11.4 Å². The Morgan fingerprint density at radius 3 is 2.74 bits per heavy atom. The summed E-state index contributed by atoms with van der Waals surface area (Å²) in [6.45, 7) is 6.70. The quantitative estimate of drug-likeness (QED) is 0.875. The van der Waals surface area contributed by atoms with Gasteiger partial charge in [-0.25, -0.2) is 4.39 Å². The normalized spacial score (nSPS) is 22.2. The maximum atomic E-state index is 13.7. The molecule has 1 N–H and O–H groups in total. The van der Waals surface area contributed by atoms with Crippen molar-refractivity contribution in [2.45, 2.75) is 58.6 Å². The summed E-state index contributed by atoms with van der Waals surface area (Å²) in [4.78, 5) is 2.33. The van der Waals surface area contributed by atoms with Crippen LogP contribution in [-0.4, -0.2) is 17.7 Å². The van der Waals surface area contributed by atoms with E-state index in [1.807, 2.05) is 6.07 Å². The first kappa shape index (κ1) is 14.3. The summed E-state index contributed by atoms with van der Waals surface area (Å²) in [5, 5.41) is 9.91. The van der Waals surface area contributed by atoms with E-state index in [4.69, 9.17) is 0 Å². The molecule has 2 rings (SSSR count). The Hall–Kier alpha value is -1.09. The maximum Gasteiger partial charge on any atom is 0.126 e. The predicted octanol–water partition coefficient (Wildman–Crippen LogP) is 3.96. The number of hydrogen-bond donors (Lipinski definition) is 1. The Kier molecular flexibility index (Phi) is 4.46. The second-order valence-corrected chi connectivity index (χ2v) is 5.73. The lowest BCUT2D eigenvalue weighted by atomic mass is 10.0. The molecule has 1 aromatic rings. The number of aliphatic hydroxyl groups is 1. The van der Waals surface area contributed by atoms with Crippen molar-refractivity contribution in [3.05, 3.63) is 29.1 Å². The van der Waals surface area contributed by atoms with E-state index in [1.165, 1.54) is 25.3 Å². The van der Waals surface area contributed by atoms with Gasteiger partial charge in [-0.15, -0.1) is 0 Å². The summed E-state index contributed by atoms with van der Waals surface area (Å²) in [7, 11) is 0. The molecule has 1 saturated heterocycles. The van der Waals surface area contributed by atoms with Gasteiger partial charge < -0.3 is 10.0 Å². The maximum absolute atomic E-state index is 13.7. The lowest BCUT2D eigenvalue weighted by molar-refractivity contribution is 0.199. The van der Waals surface area contributed by atoms with Gasteiger partial charge in [0.15, 0.2) is 0 Å². The monoisotopic (exact) mass is 265 g/mol. The Balaban J connectivity index is 2.43. The van der Waals surface area contributed by atoms with Crippen LogP contribution in [0.4, 0.5) is 10.1 Å². The first-order valence-corrected chi connectivity index (χ1v) is 7.25. The van der Waals surface area contributed by atoms with Gasteiger partial charge in [-0.1, -0.05) is 12.8 Å². The van der Waals surface area contributed by atoms with Crippen LogP contribution in [0.3, 0.4) is 0 Å². The van der Waals surface area contributed by atoms with E-state index in [-0.39, 0.29) is 5.82 Å². The molecule has 2 nitrogen and oxygen atoms in total. The first-order valence-electron chi connectivity index (χ1n) is 7.25. The fraction of sp³-hybridized carbons (Fsp3) is 0.625. The lowest BCUT2D eigenvalue weighted by Gasteiger charge is -2.32. The van der Waals surface area contributed by atoms with E-state index < -0.39 is 6.10 Å². The highest BCUT2D eigenvalue weighted by Gasteiger charge is 2.22. The number of aryl methyl sites for hydroxylation is 1. The zero-order valence-corrected chi connectivity index (χ0v) is 12.1. The number of anilines is 1. The minimum absolute atomic E-state index is 0.234. The van der Waals surface area contributed by atoms with Crippen LogP contribution in [0.5, 0.6) is 0 Å². The summed E-state index contributed by atoms with van der Waals surface area (Å²) >= 11 is 0. The molecule has 3 heteroatoms. The number of nitrogens with zero attached hydrogens (tertiary/aromatic N) is 1. The number of benzene rings is 1. The van der Waals surface area contributed by atoms with Crippen molar-refractivity contribution >= 4 is 5.69 Å². The third-order valence-electron chi connectivity index (χ3n) is 4.12. The van der Waals surface area contributed by atoms with Crippen molar-refractivity contribution in [1.82, 2.24) is 0 Å². The van der Waals surface area contributed by atoms with E-state index in [2.05, 4.69) is 11.8 Å². The lowest BCUT2D eigenvalue weighted by Crippen LogP contribution is -2.33. The SMILES string of the molecule is Cc1cc(N2CCCCCC2C)c([C@@H](C)O)cc1F. The predicted molar refractivity (Wildman–Crippen MR) is 77.0 cm³/mol. The molecular weight excluding hydrogens is 241 g/mol. The highest BCUT2D eigenvalue weighted by atomic mass is 19.1. The van der Waals surface area contributed by atoms with Crippen LogP contribution >= 0.6 is 0 Å². The molecule has 0 bridgehead atoms. The van der Waals surface area contributed by atoms with Gasteiger partial charge >= 0.3 is 0 Å². The van der Waals surface area contributed by atoms with Crippen LogP contribution in [0.15, 0.2) is 12.1 Å². The van der Waals surface area contributed by atoms with E-state index in [1.54, 1.807) is 13.8 Å². The van der Waals surface area contributed by atoms with Crippen molar-refractivity contribution in [2.24, 2.45) is 0 Å². The molecule has 0 radical (unpaired) electrons. The molecular formula is C16H24FNO. The second kappa shape index (κ2) is 5.91. The van der Waals surface area contributed by atoms with Crippen LogP contribution < -0.4 is 4.90 Å². The summed E-state index contributed by atoms with van der Waals surface area (Å²) in [6.07, 6.45) is 4.20. The minimum atomic E-state index is -0.638. The molecule has 106 valence electrons. The average molecular weight is 265 g/mol. The molecule has 0 spiro atoms. The van der Waals surface area contributed by atoms with E-state index >= 15 is 0 Å². The molecule has 1 heterocycles. The summed E-state index contributed by atoms with van der Waals surface area (Å²) in [5.41, 5.74) is 2.36. The Labute approximate surface area is 115 Å². The van der Waals surface area contributed by atoms with E-state index in [0.717, 1.165) is 18.7 Å². The highest BCUT2D eigenvalue weighted by Crippen LogP contribution is 2.32. The Bertz CT molecular complexity index is 445. The zero-order valence-electron chi connectivity index (χ0n) is 12.1. The standard InChI is InChI=1S/C16H24FNO/c1-11-9-16(14(13(3)19)10-15(11)17)18-8-6-4-5-7-12(18)2/h9-10,12-13,19H,4-8H2,1-3H3/t12?,13-/m1/s1. The van der Waals surface area contributed by atoms with Gasteiger partial charge in [0.25, 0.3) is 0 Å². The van der Waals surface area contributed by atoms with Gasteiger partial charge in [0.05, 0.1) is 6.10 Å². The van der Waals surface area contributed by atoms with Crippen LogP contribution in [0.2, 0.25) is 0 Å². The molecule has 2 atom stereocenters. The molecule has 19 heavy (non-hydrogen) atoms. The average Bonchev–Trinajstić information content (AvgIpc) is 2.56. The topological polar surface area (TPSA) is 23.5 Å². The minimum Gasteiger partial charge on any atom is -0.389 e. The summed E-state index contributed by atoms with van der Waals surface area (Å²) in [5.74, 6) is -0.234. The third-order valence-corrected chi connectivity index (χ3v) is 4.12. The first-order chi connectivity index (χ1) is 9.00. The molecule has 0 aromatic heterocycles. The molecule has 1 aliphatic rings. The zero-order chi connectivity index (χ0) is 14.0. The smallest absolute Gasteiger partial charge is 0.126 e. The van der Waals surface area contributed by atoms with Crippen LogP contribution in [0, 0.1) is 12.7 Å². The van der Waals surface area contributed by atoms with Gasteiger partial charge in [-0.05, 0) is 51.3 Å². The number of aliphatic hydroxyl groups excluding tert-OH is 1. The molecule has 0 saturated carbocycles. The van der Waals surface area contributed by atoms with Gasteiger partial charge in [0.1, 0.15) is 5.82 Å². The summed E-state index contributed by atoms with van der Waals surface area (Å²) < 4.78 is 13.7. The molecule has 1 fully saturated rings. The van der Waals surface area contributed by atoms with E-state index in [9.17, 15) is 9.50 Å². The number of halogens is 1. The Morgan fingerprint density at radius 1 is 1.32 bits per heavy atom. The third kappa shape index (κ3) is 3.08. The molecule has 0 aliphatic carbocycles. The molecule has 1 unspecified atom stereocenters. The Morgan fingerprint density at radius 2 is 2.05 bits per heavy atom. The van der Waals surface area contributed by atoms with Crippen molar-refractivity contribution in [3.63, 3.8) is 0 Å². The fourth-order valence-electron chi connectivity index (χ4n) is 2.90. The van der Waals surface area contributed by atoms with E-state index in [0.29, 0.717) is 17.2 Å². The van der Waals surface area contributed by atoms with Crippen molar-refractivity contribution < 1.29 is 9.50 Å². The fourth-order valence-corrected chi connectivity index (χ4v) is 2.90. The van der Waals surface area contributed by atoms with Gasteiger partial charge in [-0.3, -0.25) is 0 Å². The largest absolute Gasteiger partial charge is 0.389 e. The number of hydrogen-bond acceptors (Lipinski definition) is 2. The van der Waals surface area contributed by atoms with Gasteiger partial charge in [0.2, 0.25) is 0 Å². The molecule has 1 aliphatic heterocycles.